The summed E-state index contributed by atoms with van der Waals surface area (Å²) in [4.78, 5) is 18.1. The van der Waals surface area contributed by atoms with Gasteiger partial charge in [-0.15, -0.1) is 12.3 Å². The van der Waals surface area contributed by atoms with E-state index in [9.17, 15) is 4.79 Å². The highest BCUT2D eigenvalue weighted by molar-refractivity contribution is 5.92. The monoisotopic (exact) mass is 257 g/mol. The van der Waals surface area contributed by atoms with Crippen molar-refractivity contribution in [2.24, 2.45) is 10.2 Å². The number of nitrogens with zero attached hydrogens (tertiary/aromatic N) is 5. The number of amides is 1. The number of anilines is 1. The maximum Gasteiger partial charge on any atom is 0.229 e. The van der Waals surface area contributed by atoms with Crippen LogP contribution in [0.4, 0.5) is 5.95 Å². The largest absolute Gasteiger partial charge is 0.315 e. The molecular formula is C13H15N5O. The molecule has 2 aliphatic heterocycles. The Hall–Kier alpha value is -2.16. The summed E-state index contributed by atoms with van der Waals surface area (Å²) in [5, 5.41) is 8.08. The van der Waals surface area contributed by atoms with Gasteiger partial charge in [0.05, 0.1) is 0 Å². The Morgan fingerprint density at radius 1 is 1.42 bits per heavy atom. The Balaban J connectivity index is 1.55. The van der Waals surface area contributed by atoms with Crippen LogP contribution < -0.4 is 4.90 Å². The number of imidazole rings is 1. The summed E-state index contributed by atoms with van der Waals surface area (Å²) in [6.07, 6.45) is 11.3. The molecule has 19 heavy (non-hydrogen) atoms. The first-order chi connectivity index (χ1) is 9.24. The normalized spacial score (nSPS) is 18.2. The highest BCUT2D eigenvalue weighted by atomic mass is 16.2. The molecule has 6 nitrogen and oxygen atoms in total. The van der Waals surface area contributed by atoms with Crippen LogP contribution in [0.3, 0.4) is 0 Å². The number of carbonyl (C=O) groups excluding carboxylic acids is 1. The molecule has 0 bridgehead atoms. The Labute approximate surface area is 111 Å². The van der Waals surface area contributed by atoms with Crippen LogP contribution in [0.15, 0.2) is 22.6 Å². The molecule has 0 atom stereocenters. The lowest BCUT2D eigenvalue weighted by Gasteiger charge is -2.15. The zero-order valence-electron chi connectivity index (χ0n) is 10.6. The summed E-state index contributed by atoms with van der Waals surface area (Å²) in [6, 6.07) is 0. The van der Waals surface area contributed by atoms with Crippen molar-refractivity contribution >= 4 is 11.9 Å². The Kier molecular flexibility index (Phi) is 2.82. The number of hydrogen-bond donors (Lipinski definition) is 0. The molecular weight excluding hydrogens is 242 g/mol. The zero-order chi connectivity index (χ0) is 13.3. The molecule has 0 fully saturated rings. The minimum absolute atomic E-state index is 0.0855. The summed E-state index contributed by atoms with van der Waals surface area (Å²) in [6.45, 7) is 1.52. The quantitative estimate of drug-likeness (QED) is 0.752. The molecule has 1 aromatic rings. The Morgan fingerprint density at radius 3 is 3.00 bits per heavy atom. The van der Waals surface area contributed by atoms with Crippen molar-refractivity contribution in [1.82, 2.24) is 9.55 Å². The van der Waals surface area contributed by atoms with Crippen molar-refractivity contribution in [2.45, 2.75) is 37.9 Å². The van der Waals surface area contributed by atoms with E-state index >= 15 is 0 Å². The van der Waals surface area contributed by atoms with Crippen LogP contribution in [0.5, 0.6) is 0 Å². The van der Waals surface area contributed by atoms with Crippen molar-refractivity contribution in [1.29, 1.82) is 0 Å². The summed E-state index contributed by atoms with van der Waals surface area (Å²) in [5.74, 6) is 3.42. The molecule has 1 amide bonds. The van der Waals surface area contributed by atoms with E-state index in [1.54, 1.807) is 11.1 Å². The molecule has 0 aromatic carbocycles. The first-order valence-corrected chi connectivity index (χ1v) is 6.43. The van der Waals surface area contributed by atoms with Crippen LogP contribution in [0, 0.1) is 12.3 Å². The molecule has 6 heteroatoms. The van der Waals surface area contributed by atoms with E-state index in [-0.39, 0.29) is 11.6 Å². The zero-order valence-corrected chi connectivity index (χ0v) is 10.6. The van der Waals surface area contributed by atoms with Gasteiger partial charge < -0.3 is 4.57 Å². The fraction of sp³-hybridized carbons (Fsp3) is 0.538. The van der Waals surface area contributed by atoms with Gasteiger partial charge in [0, 0.05) is 51.2 Å². The van der Waals surface area contributed by atoms with Gasteiger partial charge in [0.25, 0.3) is 0 Å². The second-order valence-corrected chi connectivity index (χ2v) is 4.85. The molecule has 3 heterocycles. The molecule has 2 aliphatic rings. The molecule has 0 aliphatic carbocycles. The van der Waals surface area contributed by atoms with Crippen molar-refractivity contribution in [3.63, 3.8) is 0 Å². The highest BCUT2D eigenvalue weighted by Gasteiger charge is 2.40. The molecule has 1 aromatic heterocycles. The van der Waals surface area contributed by atoms with Gasteiger partial charge in [-0.05, 0) is 0 Å². The van der Waals surface area contributed by atoms with Crippen molar-refractivity contribution in [2.75, 3.05) is 11.4 Å². The molecule has 3 rings (SSSR count). The van der Waals surface area contributed by atoms with Gasteiger partial charge in [0.2, 0.25) is 11.9 Å². The Morgan fingerprint density at radius 2 is 2.26 bits per heavy atom. The van der Waals surface area contributed by atoms with Crippen molar-refractivity contribution in [3.05, 3.63) is 12.4 Å². The Bertz CT molecular complexity index is 562. The van der Waals surface area contributed by atoms with E-state index in [0.29, 0.717) is 25.8 Å². The van der Waals surface area contributed by atoms with E-state index < -0.39 is 0 Å². The molecule has 0 saturated heterocycles. The number of aromatic nitrogens is 2. The summed E-state index contributed by atoms with van der Waals surface area (Å²) >= 11 is 0. The van der Waals surface area contributed by atoms with E-state index in [4.69, 9.17) is 6.42 Å². The molecule has 0 saturated carbocycles. The first kappa shape index (κ1) is 11.9. The minimum atomic E-state index is -0.378. The number of rotatable bonds is 5. The maximum absolute atomic E-state index is 12.2. The highest BCUT2D eigenvalue weighted by Crippen LogP contribution is 2.38. The predicted octanol–water partition coefficient (Wildman–Crippen LogP) is 1.59. The van der Waals surface area contributed by atoms with Crippen molar-refractivity contribution in [3.8, 4) is 12.3 Å². The minimum Gasteiger partial charge on any atom is -0.315 e. The maximum atomic E-state index is 12.2. The lowest BCUT2D eigenvalue weighted by Crippen LogP contribution is -2.30. The van der Waals surface area contributed by atoms with Gasteiger partial charge >= 0.3 is 0 Å². The second kappa shape index (κ2) is 4.50. The van der Waals surface area contributed by atoms with Gasteiger partial charge in [-0.2, -0.15) is 10.2 Å². The molecule has 0 unspecified atom stereocenters. The SMILES string of the molecule is C#CCCC1(CCC(=O)N2CCn3ccnc32)N=N1. The fourth-order valence-corrected chi connectivity index (χ4v) is 2.37. The van der Waals surface area contributed by atoms with E-state index in [0.717, 1.165) is 18.9 Å². The first-order valence-electron chi connectivity index (χ1n) is 6.43. The van der Waals surface area contributed by atoms with Crippen LogP contribution in [0.1, 0.15) is 25.7 Å². The van der Waals surface area contributed by atoms with E-state index in [1.165, 1.54) is 0 Å². The standard InChI is InChI=1S/C13H15N5O/c1-2-3-5-13(15-16-13)6-4-11(19)18-10-9-17-8-7-14-12(17)18/h1,7-8H,3-6,9-10H2. The third-order valence-corrected chi connectivity index (χ3v) is 3.59. The summed E-state index contributed by atoms with van der Waals surface area (Å²) in [5.41, 5.74) is -0.378. The number of terminal acetylenes is 1. The number of fused-ring (bicyclic) bond motifs is 1. The van der Waals surface area contributed by atoms with Crippen LogP contribution in [-0.4, -0.2) is 27.7 Å². The smallest absolute Gasteiger partial charge is 0.229 e. The number of hydrogen-bond acceptors (Lipinski definition) is 4. The van der Waals surface area contributed by atoms with Crippen LogP contribution in [-0.2, 0) is 11.3 Å². The lowest BCUT2D eigenvalue weighted by atomic mass is 10.0. The molecule has 0 N–H and O–H groups in total. The molecule has 0 radical (unpaired) electrons. The third kappa shape index (κ3) is 2.24. The van der Waals surface area contributed by atoms with Crippen LogP contribution in [0.2, 0.25) is 0 Å². The van der Waals surface area contributed by atoms with E-state index in [2.05, 4.69) is 21.1 Å². The predicted molar refractivity (Wildman–Crippen MR) is 69.5 cm³/mol. The topological polar surface area (TPSA) is 62.9 Å². The van der Waals surface area contributed by atoms with Crippen molar-refractivity contribution < 1.29 is 4.79 Å². The molecule has 98 valence electrons. The fourth-order valence-electron chi connectivity index (χ4n) is 2.37. The van der Waals surface area contributed by atoms with Crippen LogP contribution >= 0.6 is 0 Å². The summed E-state index contributed by atoms with van der Waals surface area (Å²) in [7, 11) is 0. The van der Waals surface area contributed by atoms with Gasteiger partial charge in [0.15, 0.2) is 5.66 Å². The van der Waals surface area contributed by atoms with Crippen LogP contribution in [0.25, 0.3) is 0 Å². The van der Waals surface area contributed by atoms with Gasteiger partial charge in [0.1, 0.15) is 0 Å². The van der Waals surface area contributed by atoms with E-state index in [1.807, 2.05) is 10.8 Å². The second-order valence-electron chi connectivity index (χ2n) is 4.85. The third-order valence-electron chi connectivity index (χ3n) is 3.59. The summed E-state index contributed by atoms with van der Waals surface area (Å²) < 4.78 is 1.98. The average Bonchev–Trinajstić information content (AvgIpc) is 2.84. The van der Waals surface area contributed by atoms with Gasteiger partial charge in [-0.1, -0.05) is 0 Å². The lowest BCUT2D eigenvalue weighted by molar-refractivity contribution is -0.118. The number of carbonyl (C=O) groups is 1. The van der Waals surface area contributed by atoms with Gasteiger partial charge in [-0.25, -0.2) is 4.98 Å². The van der Waals surface area contributed by atoms with Gasteiger partial charge in [-0.3, -0.25) is 9.69 Å². The average molecular weight is 257 g/mol. The molecule has 0 spiro atoms.